The van der Waals surface area contributed by atoms with Crippen LogP contribution < -0.4 is 0 Å². The zero-order chi connectivity index (χ0) is 13.1. The molecule has 1 saturated heterocycles. The van der Waals surface area contributed by atoms with E-state index in [1.807, 2.05) is 0 Å². The van der Waals surface area contributed by atoms with Crippen LogP contribution in [0.1, 0.15) is 71.1 Å². The van der Waals surface area contributed by atoms with Gasteiger partial charge in [0.1, 0.15) is 6.10 Å². The first kappa shape index (κ1) is 15.5. The minimum Gasteiger partial charge on any atom is -0.462 e. The van der Waals surface area contributed by atoms with Crippen molar-refractivity contribution in [3.8, 4) is 0 Å². The lowest BCUT2D eigenvalue weighted by atomic mass is 10.1. The smallest absolute Gasteiger partial charge is 0.306 e. The van der Waals surface area contributed by atoms with E-state index in [0.717, 1.165) is 45.3 Å². The molecule has 1 rings (SSSR count). The molecule has 0 N–H and O–H groups in total. The van der Waals surface area contributed by atoms with E-state index in [2.05, 4.69) is 6.92 Å². The monoisotopic (exact) mass is 256 g/mol. The highest BCUT2D eigenvalue weighted by molar-refractivity contribution is 5.69. The number of carbonyl (C=O) groups excluding carboxylic acids is 1. The van der Waals surface area contributed by atoms with Gasteiger partial charge in [-0.25, -0.2) is 0 Å². The number of cyclic esters (lactones) is 1. The fourth-order valence-corrected chi connectivity index (χ4v) is 2.29. The minimum atomic E-state index is -0.0158. The first-order valence-corrected chi connectivity index (χ1v) is 7.60. The SMILES string of the molecule is CCCCCCOCCCC1CCCCC(=O)O1. The molecule has 0 aromatic rings. The van der Waals surface area contributed by atoms with Crippen molar-refractivity contribution in [2.24, 2.45) is 0 Å². The average Bonchev–Trinajstić information content (AvgIpc) is 2.57. The van der Waals surface area contributed by atoms with Gasteiger partial charge < -0.3 is 9.47 Å². The quantitative estimate of drug-likeness (QED) is 0.464. The number of hydrogen-bond donors (Lipinski definition) is 0. The zero-order valence-corrected chi connectivity index (χ0v) is 11.8. The molecule has 1 heterocycles. The van der Waals surface area contributed by atoms with E-state index in [1.165, 1.54) is 25.7 Å². The molecule has 0 radical (unpaired) electrons. The van der Waals surface area contributed by atoms with Gasteiger partial charge in [-0.05, 0) is 38.5 Å². The van der Waals surface area contributed by atoms with Gasteiger partial charge in [0.05, 0.1) is 0 Å². The molecule has 3 heteroatoms. The third kappa shape index (κ3) is 7.70. The third-order valence-corrected chi connectivity index (χ3v) is 3.41. The van der Waals surface area contributed by atoms with Crippen molar-refractivity contribution in [2.75, 3.05) is 13.2 Å². The summed E-state index contributed by atoms with van der Waals surface area (Å²) in [4.78, 5) is 11.3. The van der Waals surface area contributed by atoms with Crippen molar-refractivity contribution in [1.29, 1.82) is 0 Å². The van der Waals surface area contributed by atoms with E-state index in [-0.39, 0.29) is 12.1 Å². The Bertz CT molecular complexity index is 216. The molecule has 0 saturated carbocycles. The van der Waals surface area contributed by atoms with Crippen LogP contribution >= 0.6 is 0 Å². The van der Waals surface area contributed by atoms with Gasteiger partial charge in [-0.2, -0.15) is 0 Å². The lowest BCUT2D eigenvalue weighted by Crippen LogP contribution is -2.16. The van der Waals surface area contributed by atoms with Crippen molar-refractivity contribution in [3.05, 3.63) is 0 Å². The van der Waals surface area contributed by atoms with Gasteiger partial charge in [0.2, 0.25) is 0 Å². The van der Waals surface area contributed by atoms with E-state index in [9.17, 15) is 4.79 Å². The Morgan fingerprint density at radius 2 is 2.00 bits per heavy atom. The number of esters is 1. The Morgan fingerprint density at radius 3 is 2.83 bits per heavy atom. The summed E-state index contributed by atoms with van der Waals surface area (Å²) in [5, 5.41) is 0. The molecular weight excluding hydrogens is 228 g/mol. The molecule has 0 spiro atoms. The lowest BCUT2D eigenvalue weighted by molar-refractivity contribution is -0.148. The summed E-state index contributed by atoms with van der Waals surface area (Å²) in [6.45, 7) is 3.90. The van der Waals surface area contributed by atoms with Crippen LogP contribution in [0.15, 0.2) is 0 Å². The molecule has 0 bridgehead atoms. The Kier molecular flexibility index (Phi) is 8.92. The van der Waals surface area contributed by atoms with Gasteiger partial charge in [-0.3, -0.25) is 4.79 Å². The minimum absolute atomic E-state index is 0.0158. The van der Waals surface area contributed by atoms with Crippen molar-refractivity contribution in [3.63, 3.8) is 0 Å². The van der Waals surface area contributed by atoms with E-state index >= 15 is 0 Å². The molecule has 18 heavy (non-hydrogen) atoms. The van der Waals surface area contributed by atoms with Crippen LogP contribution in [0, 0.1) is 0 Å². The van der Waals surface area contributed by atoms with E-state index in [1.54, 1.807) is 0 Å². The molecular formula is C15H28O3. The summed E-state index contributed by atoms with van der Waals surface area (Å²) >= 11 is 0. The Labute approximate surface area is 111 Å². The van der Waals surface area contributed by atoms with Gasteiger partial charge in [-0.15, -0.1) is 0 Å². The van der Waals surface area contributed by atoms with Crippen LogP contribution in [-0.4, -0.2) is 25.3 Å². The second kappa shape index (κ2) is 10.4. The summed E-state index contributed by atoms with van der Waals surface area (Å²) in [6, 6.07) is 0. The molecule has 0 amide bonds. The predicted octanol–water partition coefficient (Wildman–Crippen LogP) is 3.85. The molecule has 3 nitrogen and oxygen atoms in total. The van der Waals surface area contributed by atoms with Crippen molar-refractivity contribution in [2.45, 2.75) is 77.2 Å². The highest BCUT2D eigenvalue weighted by Crippen LogP contribution is 2.17. The number of hydrogen-bond acceptors (Lipinski definition) is 3. The van der Waals surface area contributed by atoms with Crippen LogP contribution in [0.4, 0.5) is 0 Å². The molecule has 0 aromatic heterocycles. The maximum Gasteiger partial charge on any atom is 0.306 e. The van der Waals surface area contributed by atoms with Gasteiger partial charge in [0.15, 0.2) is 0 Å². The fourth-order valence-electron chi connectivity index (χ4n) is 2.29. The number of ether oxygens (including phenoxy) is 2. The average molecular weight is 256 g/mol. The van der Waals surface area contributed by atoms with Crippen molar-refractivity contribution >= 4 is 5.97 Å². The molecule has 0 aromatic carbocycles. The van der Waals surface area contributed by atoms with Gasteiger partial charge in [-0.1, -0.05) is 26.2 Å². The molecule has 1 atom stereocenters. The summed E-state index contributed by atoms with van der Waals surface area (Å²) in [5.41, 5.74) is 0. The first-order chi connectivity index (χ1) is 8.83. The topological polar surface area (TPSA) is 35.5 Å². The Morgan fingerprint density at radius 1 is 1.17 bits per heavy atom. The van der Waals surface area contributed by atoms with Crippen molar-refractivity contribution in [1.82, 2.24) is 0 Å². The van der Waals surface area contributed by atoms with Gasteiger partial charge >= 0.3 is 5.97 Å². The number of rotatable bonds is 9. The second-order valence-electron chi connectivity index (χ2n) is 5.17. The first-order valence-electron chi connectivity index (χ1n) is 7.60. The van der Waals surface area contributed by atoms with E-state index in [0.29, 0.717) is 6.42 Å². The highest BCUT2D eigenvalue weighted by Gasteiger charge is 2.17. The normalized spacial score (nSPS) is 20.5. The zero-order valence-electron chi connectivity index (χ0n) is 11.8. The number of unbranched alkanes of at least 4 members (excludes halogenated alkanes) is 3. The molecule has 1 fully saturated rings. The van der Waals surface area contributed by atoms with Crippen LogP contribution in [0.25, 0.3) is 0 Å². The molecule has 106 valence electrons. The molecule has 1 aliphatic rings. The highest BCUT2D eigenvalue weighted by atomic mass is 16.5. The van der Waals surface area contributed by atoms with E-state index < -0.39 is 0 Å². The lowest BCUT2D eigenvalue weighted by Gasteiger charge is -2.14. The maximum atomic E-state index is 11.3. The molecule has 1 aliphatic heterocycles. The van der Waals surface area contributed by atoms with Crippen LogP contribution in [0.5, 0.6) is 0 Å². The molecule has 1 unspecified atom stereocenters. The summed E-state index contributed by atoms with van der Waals surface area (Å²) in [6.07, 6.45) is 10.9. The van der Waals surface area contributed by atoms with Crippen LogP contribution in [0.2, 0.25) is 0 Å². The van der Waals surface area contributed by atoms with Crippen LogP contribution in [-0.2, 0) is 14.3 Å². The Hall–Kier alpha value is -0.570. The van der Waals surface area contributed by atoms with Crippen LogP contribution in [0.3, 0.4) is 0 Å². The second-order valence-corrected chi connectivity index (χ2v) is 5.17. The number of carbonyl (C=O) groups is 1. The third-order valence-electron chi connectivity index (χ3n) is 3.41. The van der Waals surface area contributed by atoms with Gasteiger partial charge in [0, 0.05) is 19.6 Å². The Balaban J connectivity index is 1.92. The van der Waals surface area contributed by atoms with E-state index in [4.69, 9.17) is 9.47 Å². The summed E-state index contributed by atoms with van der Waals surface area (Å²) in [5.74, 6) is -0.0158. The maximum absolute atomic E-state index is 11.3. The van der Waals surface area contributed by atoms with Crippen molar-refractivity contribution < 1.29 is 14.3 Å². The van der Waals surface area contributed by atoms with Gasteiger partial charge in [0.25, 0.3) is 0 Å². The predicted molar refractivity (Wildman–Crippen MR) is 72.5 cm³/mol. The standard InChI is InChI=1S/C15H28O3/c1-2-3-4-7-12-17-13-8-10-14-9-5-6-11-15(16)18-14/h14H,2-13H2,1H3. The summed E-state index contributed by atoms with van der Waals surface area (Å²) in [7, 11) is 0. The fraction of sp³-hybridized carbons (Fsp3) is 0.933. The molecule has 0 aliphatic carbocycles. The summed E-state index contributed by atoms with van der Waals surface area (Å²) < 4.78 is 11.0. The largest absolute Gasteiger partial charge is 0.462 e.